The molecule has 1 aliphatic rings. The van der Waals surface area contributed by atoms with Crippen molar-refractivity contribution in [2.75, 3.05) is 0 Å². The lowest BCUT2D eigenvalue weighted by atomic mass is 10.2. The molecule has 4 nitrogen and oxygen atoms in total. The first kappa shape index (κ1) is 11.9. The maximum Gasteiger partial charge on any atom is 0.239 e. The monoisotopic (exact) mass is 247 g/mol. The molecule has 1 amide bonds. The molecular weight excluding hydrogens is 234 g/mol. The number of nitrogens with one attached hydrogen (secondary N) is 1. The Hall–Kier alpha value is -1.62. The molecule has 1 atom stereocenters. The molecule has 1 aliphatic heterocycles. The van der Waals surface area contributed by atoms with Gasteiger partial charge in [-0.3, -0.25) is 4.79 Å². The minimum atomic E-state index is -0.0803. The molecule has 88 valence electrons. The van der Waals surface area contributed by atoms with Crippen LogP contribution in [0.1, 0.15) is 18.1 Å². The Morgan fingerprint density at radius 2 is 2.06 bits per heavy atom. The van der Waals surface area contributed by atoms with Crippen molar-refractivity contribution in [3.63, 3.8) is 0 Å². The fourth-order valence-corrected chi connectivity index (χ4v) is 2.06. The van der Waals surface area contributed by atoms with Crippen LogP contribution in [0.3, 0.4) is 0 Å². The van der Waals surface area contributed by atoms with Gasteiger partial charge in [0.1, 0.15) is 0 Å². The highest BCUT2D eigenvalue weighted by Gasteiger charge is 2.25. The van der Waals surface area contributed by atoms with Gasteiger partial charge in [0.2, 0.25) is 5.91 Å². The number of amidine groups is 1. The molecular formula is C12H13N3OS. The van der Waals surface area contributed by atoms with E-state index in [0.29, 0.717) is 5.17 Å². The van der Waals surface area contributed by atoms with Gasteiger partial charge in [0, 0.05) is 0 Å². The molecule has 0 aromatic heterocycles. The van der Waals surface area contributed by atoms with Crippen molar-refractivity contribution in [3.8, 4) is 0 Å². The number of benzene rings is 1. The normalized spacial score (nSPS) is 22.4. The summed E-state index contributed by atoms with van der Waals surface area (Å²) in [5.74, 6) is -0.0146. The van der Waals surface area contributed by atoms with Crippen molar-refractivity contribution < 1.29 is 4.79 Å². The van der Waals surface area contributed by atoms with Gasteiger partial charge in [-0.2, -0.15) is 5.10 Å². The van der Waals surface area contributed by atoms with Crippen molar-refractivity contribution >= 4 is 29.1 Å². The lowest BCUT2D eigenvalue weighted by molar-refractivity contribution is -0.118. The van der Waals surface area contributed by atoms with Gasteiger partial charge in [-0.15, -0.1) is 5.10 Å². The van der Waals surface area contributed by atoms with Crippen LogP contribution in [0.2, 0.25) is 0 Å². The van der Waals surface area contributed by atoms with Crippen LogP contribution in [-0.4, -0.2) is 22.5 Å². The molecule has 1 aromatic rings. The molecule has 1 saturated heterocycles. The van der Waals surface area contributed by atoms with E-state index in [1.807, 2.05) is 38.1 Å². The van der Waals surface area contributed by atoms with Gasteiger partial charge in [-0.1, -0.05) is 41.6 Å². The van der Waals surface area contributed by atoms with Crippen molar-refractivity contribution in [1.82, 2.24) is 5.32 Å². The molecule has 0 radical (unpaired) electrons. The first-order chi connectivity index (χ1) is 8.15. The van der Waals surface area contributed by atoms with E-state index >= 15 is 0 Å². The molecule has 1 unspecified atom stereocenters. The Bertz CT molecular complexity index is 479. The van der Waals surface area contributed by atoms with Crippen LogP contribution in [0, 0.1) is 6.92 Å². The average Bonchev–Trinajstić information content (AvgIpc) is 2.61. The molecule has 5 heteroatoms. The SMILES string of the molecule is Cc1ccc(C=NN=C2NC(=O)C(C)S2)cc1. The summed E-state index contributed by atoms with van der Waals surface area (Å²) in [7, 11) is 0. The number of hydrogen-bond acceptors (Lipinski definition) is 4. The molecule has 0 saturated carbocycles. The second-order valence-corrected chi connectivity index (χ2v) is 5.14. The third-order valence-corrected chi connectivity index (χ3v) is 3.30. The minimum Gasteiger partial charge on any atom is -0.303 e. The van der Waals surface area contributed by atoms with Crippen LogP contribution in [0.15, 0.2) is 34.5 Å². The third-order valence-electron chi connectivity index (χ3n) is 2.32. The second kappa shape index (κ2) is 5.14. The predicted molar refractivity (Wildman–Crippen MR) is 71.4 cm³/mol. The summed E-state index contributed by atoms with van der Waals surface area (Å²) in [6.45, 7) is 3.87. The van der Waals surface area contributed by atoms with Crippen LogP contribution >= 0.6 is 11.8 Å². The van der Waals surface area contributed by atoms with Crippen LogP contribution in [-0.2, 0) is 4.79 Å². The van der Waals surface area contributed by atoms with Gasteiger partial charge in [0.15, 0.2) is 5.17 Å². The first-order valence-corrected chi connectivity index (χ1v) is 6.18. The highest BCUT2D eigenvalue weighted by Crippen LogP contribution is 2.18. The average molecular weight is 247 g/mol. The Balaban J connectivity index is 2.00. The predicted octanol–water partition coefficient (Wildman–Crippen LogP) is 1.94. The number of aryl methyl sites for hydroxylation is 1. The minimum absolute atomic E-state index is 0.0146. The number of amides is 1. The van der Waals surface area contributed by atoms with Crippen molar-refractivity contribution in [1.29, 1.82) is 0 Å². The number of nitrogens with zero attached hydrogens (tertiary/aromatic N) is 2. The van der Waals surface area contributed by atoms with Crippen molar-refractivity contribution in [3.05, 3.63) is 35.4 Å². The Labute approximate surface area is 104 Å². The van der Waals surface area contributed by atoms with Crippen molar-refractivity contribution in [2.45, 2.75) is 19.1 Å². The fourth-order valence-electron chi connectivity index (χ4n) is 1.31. The summed E-state index contributed by atoms with van der Waals surface area (Å²) < 4.78 is 0. The van der Waals surface area contributed by atoms with Gasteiger partial charge in [0.05, 0.1) is 11.5 Å². The number of rotatable bonds is 2. The van der Waals surface area contributed by atoms with Gasteiger partial charge in [-0.25, -0.2) is 0 Å². The number of thioether (sulfide) groups is 1. The Morgan fingerprint density at radius 3 is 2.65 bits per heavy atom. The van der Waals surface area contributed by atoms with Gasteiger partial charge in [-0.05, 0) is 19.4 Å². The molecule has 0 spiro atoms. The summed E-state index contributed by atoms with van der Waals surface area (Å²) in [6, 6.07) is 7.98. The van der Waals surface area contributed by atoms with E-state index in [-0.39, 0.29) is 11.2 Å². The van der Waals surface area contributed by atoms with Crippen LogP contribution < -0.4 is 5.32 Å². The Kier molecular flexibility index (Phi) is 3.58. The van der Waals surface area contributed by atoms with Crippen molar-refractivity contribution in [2.24, 2.45) is 10.2 Å². The smallest absolute Gasteiger partial charge is 0.239 e. The van der Waals surface area contributed by atoms with E-state index in [2.05, 4.69) is 15.5 Å². The summed E-state index contributed by atoms with van der Waals surface area (Å²) in [4.78, 5) is 11.2. The molecule has 1 fully saturated rings. The number of hydrogen-bond donors (Lipinski definition) is 1. The van der Waals surface area contributed by atoms with E-state index in [4.69, 9.17) is 0 Å². The quantitative estimate of drug-likeness (QED) is 0.641. The topological polar surface area (TPSA) is 53.8 Å². The molecule has 17 heavy (non-hydrogen) atoms. The summed E-state index contributed by atoms with van der Waals surface area (Å²) in [6.07, 6.45) is 1.67. The summed E-state index contributed by atoms with van der Waals surface area (Å²) in [5.41, 5.74) is 2.20. The maximum atomic E-state index is 11.2. The van der Waals surface area contributed by atoms with E-state index < -0.39 is 0 Å². The van der Waals surface area contributed by atoms with Gasteiger partial charge >= 0.3 is 0 Å². The zero-order valence-corrected chi connectivity index (χ0v) is 10.5. The van der Waals surface area contributed by atoms with E-state index in [0.717, 1.165) is 5.56 Å². The second-order valence-electron chi connectivity index (χ2n) is 3.81. The molecule has 0 aliphatic carbocycles. The summed E-state index contributed by atoms with van der Waals surface area (Å²) in [5, 5.41) is 11.0. The zero-order chi connectivity index (χ0) is 12.3. The highest BCUT2D eigenvalue weighted by molar-refractivity contribution is 8.15. The highest BCUT2D eigenvalue weighted by atomic mass is 32.2. The first-order valence-electron chi connectivity index (χ1n) is 5.30. The van der Waals surface area contributed by atoms with Crippen LogP contribution in [0.4, 0.5) is 0 Å². The van der Waals surface area contributed by atoms with E-state index in [9.17, 15) is 4.79 Å². The standard InChI is InChI=1S/C12H13N3OS/c1-8-3-5-10(6-4-8)7-13-15-12-14-11(16)9(2)17-12/h3-7,9H,1-2H3,(H,14,15,16). The van der Waals surface area contributed by atoms with E-state index in [1.165, 1.54) is 17.3 Å². The molecule has 0 bridgehead atoms. The van der Waals surface area contributed by atoms with Gasteiger partial charge in [0.25, 0.3) is 0 Å². The summed E-state index contributed by atoms with van der Waals surface area (Å²) >= 11 is 1.39. The Morgan fingerprint density at radius 1 is 1.35 bits per heavy atom. The lowest BCUT2D eigenvalue weighted by Crippen LogP contribution is -2.23. The molecule has 1 aromatic carbocycles. The zero-order valence-electron chi connectivity index (χ0n) is 9.68. The molecule has 1 heterocycles. The number of carbonyl (C=O) groups is 1. The molecule has 1 N–H and O–H groups in total. The van der Waals surface area contributed by atoms with Crippen LogP contribution in [0.25, 0.3) is 0 Å². The largest absolute Gasteiger partial charge is 0.303 e. The third kappa shape index (κ3) is 3.17. The van der Waals surface area contributed by atoms with Gasteiger partial charge < -0.3 is 5.32 Å². The van der Waals surface area contributed by atoms with Crippen LogP contribution in [0.5, 0.6) is 0 Å². The maximum absolute atomic E-state index is 11.2. The number of carbonyl (C=O) groups excluding carboxylic acids is 1. The van der Waals surface area contributed by atoms with E-state index in [1.54, 1.807) is 6.21 Å². The fraction of sp³-hybridized carbons (Fsp3) is 0.250. The lowest BCUT2D eigenvalue weighted by Gasteiger charge is -1.93. The molecule has 2 rings (SSSR count).